The zero-order chi connectivity index (χ0) is 16.2. The summed E-state index contributed by atoms with van der Waals surface area (Å²) in [5.74, 6) is 0.0126. The molecule has 130 valence electrons. The number of fused-ring (bicyclic) bond motifs is 2. The predicted molar refractivity (Wildman–Crippen MR) is 81.9 cm³/mol. The van der Waals surface area contributed by atoms with E-state index in [9.17, 15) is 4.79 Å². The maximum absolute atomic E-state index is 12.6. The first-order chi connectivity index (χ1) is 11.0. The van der Waals surface area contributed by atoms with Gasteiger partial charge in [0.15, 0.2) is 5.60 Å². The van der Waals surface area contributed by atoms with E-state index in [1.54, 1.807) is 0 Å². The molecule has 0 aromatic rings. The fourth-order valence-electron chi connectivity index (χ4n) is 5.36. The molecule has 0 unspecified atom stereocenters. The van der Waals surface area contributed by atoms with Gasteiger partial charge in [-0.25, -0.2) is 9.78 Å². The van der Waals surface area contributed by atoms with Crippen LogP contribution in [0.5, 0.6) is 0 Å². The van der Waals surface area contributed by atoms with Crippen LogP contribution in [0.1, 0.15) is 65.7 Å². The Hall–Kier alpha value is -0.650. The lowest BCUT2D eigenvalue weighted by Gasteiger charge is -2.58. The molecule has 7 atom stereocenters. The second kappa shape index (κ2) is 5.43. The van der Waals surface area contributed by atoms with E-state index in [2.05, 4.69) is 13.8 Å². The molecule has 5 aliphatic rings. The van der Waals surface area contributed by atoms with Gasteiger partial charge < -0.3 is 9.47 Å². The molecular formula is C18H28O5. The monoisotopic (exact) mass is 324 g/mol. The summed E-state index contributed by atoms with van der Waals surface area (Å²) in [5.41, 5.74) is -0.611. The molecular weight excluding hydrogens is 296 g/mol. The SMILES string of the molecule is CCCC[C@@H]1C(=O)O[C@@H]2O[C@@]3(C)CC[C@H]4[C@H](C)CC[C@@H]1[C@@]24OO3. The molecule has 0 N–H and O–H groups in total. The van der Waals surface area contributed by atoms with Gasteiger partial charge in [-0.2, -0.15) is 0 Å². The van der Waals surface area contributed by atoms with Crippen molar-refractivity contribution in [3.63, 3.8) is 0 Å². The Labute approximate surface area is 137 Å². The maximum Gasteiger partial charge on any atom is 0.311 e. The normalized spacial score (nSPS) is 51.8. The minimum absolute atomic E-state index is 0.0872. The smallest absolute Gasteiger partial charge is 0.311 e. The number of carbonyl (C=O) groups excluding carboxylic acids is 1. The Morgan fingerprint density at radius 1 is 1.17 bits per heavy atom. The second-order valence-corrected chi connectivity index (χ2v) is 8.10. The zero-order valence-electron chi connectivity index (χ0n) is 14.4. The maximum atomic E-state index is 12.6. The van der Waals surface area contributed by atoms with E-state index in [1.165, 1.54) is 0 Å². The Morgan fingerprint density at radius 2 is 2.00 bits per heavy atom. The van der Waals surface area contributed by atoms with Gasteiger partial charge in [-0.3, -0.25) is 4.79 Å². The van der Waals surface area contributed by atoms with Gasteiger partial charge in [0.25, 0.3) is 0 Å². The van der Waals surface area contributed by atoms with Crippen LogP contribution in [0.25, 0.3) is 0 Å². The standard InChI is InChI=1S/C18H28O5/c1-4-5-6-12-14-8-7-11(2)13-9-10-17(3)21-16(20-15(12)19)18(13,14)23-22-17/h11-14,16H,4-10H2,1-3H3/t11-,12+,13+,14+,16-,17-,18-/m1/s1. The highest BCUT2D eigenvalue weighted by molar-refractivity contribution is 5.74. The van der Waals surface area contributed by atoms with E-state index in [-0.39, 0.29) is 17.8 Å². The summed E-state index contributed by atoms with van der Waals surface area (Å²) in [6.45, 7) is 6.32. The van der Waals surface area contributed by atoms with Crippen LogP contribution in [0.4, 0.5) is 0 Å². The quantitative estimate of drug-likeness (QED) is 0.587. The summed E-state index contributed by atoms with van der Waals surface area (Å²) in [6.07, 6.45) is 6.28. The van der Waals surface area contributed by atoms with Crippen LogP contribution in [0.3, 0.4) is 0 Å². The molecule has 5 heteroatoms. The van der Waals surface area contributed by atoms with Crippen LogP contribution >= 0.6 is 0 Å². The summed E-state index contributed by atoms with van der Waals surface area (Å²) < 4.78 is 11.9. The van der Waals surface area contributed by atoms with Crippen molar-refractivity contribution in [1.29, 1.82) is 0 Å². The molecule has 0 radical (unpaired) electrons. The van der Waals surface area contributed by atoms with Gasteiger partial charge in [-0.1, -0.05) is 26.7 Å². The average Bonchev–Trinajstić information content (AvgIpc) is 2.74. The largest absolute Gasteiger partial charge is 0.432 e. The van der Waals surface area contributed by atoms with Crippen LogP contribution in [0.2, 0.25) is 0 Å². The van der Waals surface area contributed by atoms with Crippen molar-refractivity contribution < 1.29 is 24.0 Å². The Bertz CT molecular complexity index is 494. The Kier molecular flexibility index (Phi) is 3.74. The number of esters is 1. The second-order valence-electron chi connectivity index (χ2n) is 8.10. The highest BCUT2D eigenvalue weighted by Gasteiger charge is 2.70. The molecule has 1 aliphatic carbocycles. The van der Waals surface area contributed by atoms with E-state index in [0.717, 1.165) is 44.9 Å². The highest BCUT2D eigenvalue weighted by atomic mass is 17.3. The number of unbranched alkanes of at least 4 members (excludes halogenated alkanes) is 1. The van der Waals surface area contributed by atoms with Crippen molar-refractivity contribution in [3.8, 4) is 0 Å². The third-order valence-corrected chi connectivity index (χ3v) is 6.66. The fraction of sp³-hybridized carbons (Fsp3) is 0.944. The van der Waals surface area contributed by atoms with E-state index in [4.69, 9.17) is 19.2 Å². The molecule has 5 rings (SSSR count). The van der Waals surface area contributed by atoms with E-state index >= 15 is 0 Å². The molecule has 0 aromatic carbocycles. The zero-order valence-corrected chi connectivity index (χ0v) is 14.4. The van der Waals surface area contributed by atoms with Crippen molar-refractivity contribution in [3.05, 3.63) is 0 Å². The van der Waals surface area contributed by atoms with Gasteiger partial charge in [0.1, 0.15) is 0 Å². The van der Waals surface area contributed by atoms with Crippen molar-refractivity contribution in [1.82, 2.24) is 0 Å². The van der Waals surface area contributed by atoms with Crippen LogP contribution in [-0.2, 0) is 24.0 Å². The molecule has 2 bridgehead atoms. The first-order valence-corrected chi connectivity index (χ1v) is 9.25. The predicted octanol–water partition coefficient (Wildman–Crippen LogP) is 3.57. The van der Waals surface area contributed by atoms with Gasteiger partial charge >= 0.3 is 5.97 Å². The van der Waals surface area contributed by atoms with Crippen molar-refractivity contribution in [2.75, 3.05) is 0 Å². The summed E-state index contributed by atoms with van der Waals surface area (Å²) >= 11 is 0. The highest BCUT2D eigenvalue weighted by Crippen LogP contribution is 2.60. The number of hydrogen-bond donors (Lipinski definition) is 0. The summed E-state index contributed by atoms with van der Waals surface area (Å²) in [5, 5.41) is 0. The Balaban J connectivity index is 1.74. The van der Waals surface area contributed by atoms with Gasteiger partial charge in [0, 0.05) is 18.3 Å². The first-order valence-electron chi connectivity index (χ1n) is 9.25. The molecule has 4 saturated heterocycles. The Morgan fingerprint density at radius 3 is 2.78 bits per heavy atom. The van der Waals surface area contributed by atoms with Crippen LogP contribution in [-0.4, -0.2) is 23.6 Å². The molecule has 0 amide bonds. The minimum Gasteiger partial charge on any atom is -0.432 e. The van der Waals surface area contributed by atoms with E-state index in [0.29, 0.717) is 11.8 Å². The van der Waals surface area contributed by atoms with Gasteiger partial charge in [0.05, 0.1) is 5.92 Å². The molecule has 1 saturated carbocycles. The third kappa shape index (κ3) is 2.19. The number of carbonyl (C=O) groups is 1. The summed E-state index contributed by atoms with van der Waals surface area (Å²) in [7, 11) is 0. The van der Waals surface area contributed by atoms with Crippen molar-refractivity contribution in [2.24, 2.45) is 23.7 Å². The molecule has 5 fully saturated rings. The first kappa shape index (κ1) is 15.9. The fourth-order valence-corrected chi connectivity index (χ4v) is 5.36. The third-order valence-electron chi connectivity index (χ3n) is 6.66. The van der Waals surface area contributed by atoms with Crippen LogP contribution in [0.15, 0.2) is 0 Å². The average molecular weight is 324 g/mol. The lowest BCUT2D eigenvalue weighted by molar-refractivity contribution is -0.559. The van der Waals surface area contributed by atoms with E-state index in [1.807, 2.05) is 6.92 Å². The topological polar surface area (TPSA) is 54.0 Å². The van der Waals surface area contributed by atoms with Crippen LogP contribution in [0, 0.1) is 23.7 Å². The lowest BCUT2D eigenvalue weighted by Crippen LogP contribution is -2.70. The van der Waals surface area contributed by atoms with Crippen molar-refractivity contribution >= 4 is 5.97 Å². The molecule has 4 aliphatic heterocycles. The number of hydrogen-bond acceptors (Lipinski definition) is 5. The van der Waals surface area contributed by atoms with Crippen LogP contribution < -0.4 is 0 Å². The minimum atomic E-state index is -0.798. The van der Waals surface area contributed by atoms with Gasteiger partial charge in [-0.15, -0.1) is 0 Å². The molecule has 1 spiro atoms. The summed E-state index contributed by atoms with van der Waals surface area (Å²) in [6, 6.07) is 0. The number of rotatable bonds is 3. The molecule has 4 heterocycles. The van der Waals surface area contributed by atoms with Crippen molar-refractivity contribution in [2.45, 2.75) is 83.4 Å². The van der Waals surface area contributed by atoms with E-state index < -0.39 is 17.7 Å². The molecule has 5 nitrogen and oxygen atoms in total. The number of ether oxygens (including phenoxy) is 2. The summed E-state index contributed by atoms with van der Waals surface area (Å²) in [4.78, 5) is 24.4. The van der Waals surface area contributed by atoms with Gasteiger partial charge in [-0.05, 0) is 38.5 Å². The lowest BCUT2D eigenvalue weighted by atomic mass is 9.57. The molecule has 23 heavy (non-hydrogen) atoms. The van der Waals surface area contributed by atoms with Gasteiger partial charge in [0.2, 0.25) is 12.1 Å². The molecule has 0 aromatic heterocycles.